The third-order valence-electron chi connectivity index (χ3n) is 2.29. The third kappa shape index (κ3) is 1.54. The second kappa shape index (κ2) is 3.73. The number of aldehydes is 1. The Labute approximate surface area is 91.6 Å². The minimum absolute atomic E-state index is 0.0280. The highest BCUT2D eigenvalue weighted by Crippen LogP contribution is 2.20. The van der Waals surface area contributed by atoms with Crippen LogP contribution in [0.4, 0.5) is 0 Å². The van der Waals surface area contributed by atoms with Gasteiger partial charge >= 0.3 is 0 Å². The molecule has 0 radical (unpaired) electrons. The molecule has 0 atom stereocenters. The molecule has 6 heteroatoms. The van der Waals surface area contributed by atoms with E-state index in [1.54, 1.807) is 14.0 Å². The quantitative estimate of drug-likeness (QED) is 0.750. The second-order valence-electron chi connectivity index (χ2n) is 3.35. The summed E-state index contributed by atoms with van der Waals surface area (Å²) >= 11 is 0. The first kappa shape index (κ1) is 10.3. The van der Waals surface area contributed by atoms with E-state index in [-0.39, 0.29) is 5.75 Å². The molecule has 6 nitrogen and oxygen atoms in total. The van der Waals surface area contributed by atoms with Crippen molar-refractivity contribution in [3.63, 3.8) is 0 Å². The molecule has 1 N–H and O–H groups in total. The molecule has 0 aliphatic rings. The first-order chi connectivity index (χ1) is 7.63. The minimum atomic E-state index is 0.0280. The number of rotatable bonds is 2. The highest BCUT2D eigenvalue weighted by Gasteiger charge is 2.13. The van der Waals surface area contributed by atoms with Crippen LogP contribution in [0.2, 0.25) is 0 Å². The molecule has 0 amide bonds. The maximum absolute atomic E-state index is 10.9. The van der Waals surface area contributed by atoms with Crippen LogP contribution in [0.3, 0.4) is 0 Å². The van der Waals surface area contributed by atoms with E-state index in [0.717, 1.165) is 0 Å². The molecule has 2 aromatic heterocycles. The number of hydrogen-bond donors (Lipinski definition) is 1. The molecule has 2 rings (SSSR count). The molecule has 0 bridgehead atoms. The van der Waals surface area contributed by atoms with Crippen LogP contribution in [0.25, 0.3) is 11.4 Å². The van der Waals surface area contributed by atoms with Crippen molar-refractivity contribution in [3.05, 3.63) is 23.8 Å². The fraction of sp³-hybridized carbons (Fsp3) is 0.200. The average Bonchev–Trinajstić information content (AvgIpc) is 2.63. The average molecular weight is 218 g/mol. The molecule has 82 valence electrons. The Hall–Kier alpha value is -2.24. The van der Waals surface area contributed by atoms with Gasteiger partial charge in [0.2, 0.25) is 0 Å². The lowest BCUT2D eigenvalue weighted by atomic mass is 10.2. The number of aromatic hydroxyl groups is 1. The number of carbonyl (C=O) groups is 1. The standard InChI is InChI=1S/C10H10N4O2/c1-6-9(16)4-11-10(13-6)7-3-12-14(2)8(7)5-15/h3-5,16H,1-2H3. The van der Waals surface area contributed by atoms with Crippen molar-refractivity contribution in [2.45, 2.75) is 6.92 Å². The summed E-state index contributed by atoms with van der Waals surface area (Å²) in [5, 5.41) is 13.3. The molecule has 0 aliphatic heterocycles. The van der Waals surface area contributed by atoms with Crippen LogP contribution < -0.4 is 0 Å². The Bertz CT molecular complexity index is 548. The zero-order chi connectivity index (χ0) is 11.7. The normalized spacial score (nSPS) is 10.4. The van der Waals surface area contributed by atoms with Crippen molar-refractivity contribution in [2.24, 2.45) is 7.05 Å². The van der Waals surface area contributed by atoms with Crippen molar-refractivity contribution in [2.75, 3.05) is 0 Å². The van der Waals surface area contributed by atoms with Gasteiger partial charge in [0.15, 0.2) is 17.9 Å². The van der Waals surface area contributed by atoms with Gasteiger partial charge in [-0.15, -0.1) is 0 Å². The predicted octanol–water partition coefficient (Wildman–Crippen LogP) is 0.704. The van der Waals surface area contributed by atoms with Gasteiger partial charge in [-0.2, -0.15) is 5.10 Å². The van der Waals surface area contributed by atoms with Crippen molar-refractivity contribution in [3.8, 4) is 17.1 Å². The zero-order valence-corrected chi connectivity index (χ0v) is 8.88. The number of nitrogens with zero attached hydrogens (tertiary/aromatic N) is 4. The molecule has 2 heterocycles. The van der Waals surface area contributed by atoms with Gasteiger partial charge in [0, 0.05) is 7.05 Å². The second-order valence-corrected chi connectivity index (χ2v) is 3.35. The van der Waals surface area contributed by atoms with E-state index in [1.807, 2.05) is 0 Å². The van der Waals surface area contributed by atoms with Crippen LogP contribution >= 0.6 is 0 Å². The summed E-state index contributed by atoms with van der Waals surface area (Å²) in [7, 11) is 1.67. The van der Waals surface area contributed by atoms with E-state index in [1.165, 1.54) is 17.1 Å². The smallest absolute Gasteiger partial charge is 0.168 e. The molecule has 16 heavy (non-hydrogen) atoms. The van der Waals surface area contributed by atoms with Crippen LogP contribution in [0.15, 0.2) is 12.4 Å². The molecular weight excluding hydrogens is 208 g/mol. The highest BCUT2D eigenvalue weighted by atomic mass is 16.3. The number of aromatic nitrogens is 4. The van der Waals surface area contributed by atoms with Crippen LogP contribution in [0.5, 0.6) is 5.75 Å². The van der Waals surface area contributed by atoms with Gasteiger partial charge in [0.25, 0.3) is 0 Å². The Morgan fingerprint density at radius 1 is 1.44 bits per heavy atom. The lowest BCUT2D eigenvalue weighted by Gasteiger charge is -2.01. The van der Waals surface area contributed by atoms with E-state index in [9.17, 15) is 9.90 Å². The largest absolute Gasteiger partial charge is 0.504 e. The van der Waals surface area contributed by atoms with E-state index in [4.69, 9.17) is 0 Å². The van der Waals surface area contributed by atoms with E-state index >= 15 is 0 Å². The van der Waals surface area contributed by atoms with Crippen LogP contribution in [0.1, 0.15) is 16.2 Å². The number of carbonyl (C=O) groups excluding carboxylic acids is 1. The molecule has 0 aliphatic carbocycles. The van der Waals surface area contributed by atoms with Gasteiger partial charge in [-0.25, -0.2) is 9.97 Å². The molecule has 0 saturated heterocycles. The fourth-order valence-corrected chi connectivity index (χ4v) is 1.35. The molecular formula is C10H10N4O2. The van der Waals surface area contributed by atoms with Gasteiger partial charge in [0.1, 0.15) is 5.69 Å². The summed E-state index contributed by atoms with van der Waals surface area (Å²) in [5.74, 6) is 0.408. The van der Waals surface area contributed by atoms with Gasteiger partial charge in [0.05, 0.1) is 23.7 Å². The maximum atomic E-state index is 10.9. The van der Waals surface area contributed by atoms with Crippen molar-refractivity contribution in [1.29, 1.82) is 0 Å². The third-order valence-corrected chi connectivity index (χ3v) is 2.29. The Morgan fingerprint density at radius 3 is 2.81 bits per heavy atom. The molecule has 2 aromatic rings. The predicted molar refractivity (Wildman–Crippen MR) is 56.0 cm³/mol. The zero-order valence-electron chi connectivity index (χ0n) is 8.88. The first-order valence-electron chi connectivity index (χ1n) is 4.63. The van der Waals surface area contributed by atoms with E-state index in [0.29, 0.717) is 29.1 Å². The summed E-state index contributed by atoms with van der Waals surface area (Å²) in [6, 6.07) is 0. The minimum Gasteiger partial charge on any atom is -0.504 e. The Balaban J connectivity index is 2.58. The van der Waals surface area contributed by atoms with Gasteiger partial charge in [-0.05, 0) is 6.92 Å². The molecule has 0 aromatic carbocycles. The van der Waals surface area contributed by atoms with Crippen molar-refractivity contribution < 1.29 is 9.90 Å². The fourth-order valence-electron chi connectivity index (χ4n) is 1.35. The lowest BCUT2D eigenvalue weighted by Crippen LogP contribution is -1.99. The van der Waals surface area contributed by atoms with Gasteiger partial charge in [-0.3, -0.25) is 9.48 Å². The topological polar surface area (TPSA) is 80.9 Å². The Morgan fingerprint density at radius 2 is 2.19 bits per heavy atom. The SMILES string of the molecule is Cc1nc(-c2cnn(C)c2C=O)ncc1O. The summed E-state index contributed by atoms with van der Waals surface area (Å²) in [4.78, 5) is 18.9. The summed E-state index contributed by atoms with van der Waals surface area (Å²) in [6.07, 6.45) is 3.53. The monoisotopic (exact) mass is 218 g/mol. The lowest BCUT2D eigenvalue weighted by molar-refractivity contribution is 0.111. The van der Waals surface area contributed by atoms with Gasteiger partial charge < -0.3 is 5.11 Å². The summed E-state index contributed by atoms with van der Waals surface area (Å²) < 4.78 is 1.45. The van der Waals surface area contributed by atoms with Crippen LogP contribution in [0, 0.1) is 6.92 Å². The molecule has 0 fully saturated rings. The van der Waals surface area contributed by atoms with Crippen LogP contribution in [-0.2, 0) is 7.05 Å². The molecule has 0 spiro atoms. The van der Waals surface area contributed by atoms with E-state index in [2.05, 4.69) is 15.1 Å². The Kier molecular flexibility index (Phi) is 2.40. The van der Waals surface area contributed by atoms with Crippen LogP contribution in [-0.4, -0.2) is 31.1 Å². The maximum Gasteiger partial charge on any atom is 0.168 e. The van der Waals surface area contributed by atoms with Gasteiger partial charge in [-0.1, -0.05) is 0 Å². The molecule has 0 saturated carbocycles. The van der Waals surface area contributed by atoms with Crippen molar-refractivity contribution >= 4 is 6.29 Å². The van der Waals surface area contributed by atoms with Crippen molar-refractivity contribution in [1.82, 2.24) is 19.7 Å². The molecule has 0 unspecified atom stereocenters. The highest BCUT2D eigenvalue weighted by molar-refractivity contribution is 5.83. The number of aryl methyl sites for hydroxylation is 2. The number of hydrogen-bond acceptors (Lipinski definition) is 5. The summed E-state index contributed by atoms with van der Waals surface area (Å²) in [6.45, 7) is 1.66. The van der Waals surface area contributed by atoms with E-state index < -0.39 is 0 Å². The summed E-state index contributed by atoms with van der Waals surface area (Å²) in [5.41, 5.74) is 1.43. The first-order valence-corrected chi connectivity index (χ1v) is 4.63.